The number of nitrogens with zero attached hydrogens (tertiary/aromatic N) is 5. The molecule has 2 aromatic carbocycles. The SMILES string of the molecule is COc1cccc(F)c1-c1nccc(C(=O)Nc2ccc3c(cnn3C)c2N(C)C2CCOCC2)n1. The molecule has 1 saturated heterocycles. The molecule has 2 aromatic heterocycles. The molecule has 0 unspecified atom stereocenters. The minimum atomic E-state index is -0.533. The van der Waals surface area contributed by atoms with Crippen LogP contribution in [0.4, 0.5) is 15.8 Å². The largest absolute Gasteiger partial charge is 0.496 e. The molecule has 1 N–H and O–H groups in total. The van der Waals surface area contributed by atoms with Gasteiger partial charge in [0.2, 0.25) is 0 Å². The van der Waals surface area contributed by atoms with E-state index < -0.39 is 11.7 Å². The lowest BCUT2D eigenvalue weighted by Gasteiger charge is -2.34. The molecule has 5 rings (SSSR count). The van der Waals surface area contributed by atoms with Crippen molar-refractivity contribution in [2.75, 3.05) is 37.6 Å². The van der Waals surface area contributed by atoms with Crippen LogP contribution in [0.1, 0.15) is 23.3 Å². The number of fused-ring (bicyclic) bond motifs is 1. The van der Waals surface area contributed by atoms with Gasteiger partial charge in [-0.3, -0.25) is 9.48 Å². The van der Waals surface area contributed by atoms with Crippen LogP contribution < -0.4 is 15.0 Å². The highest BCUT2D eigenvalue weighted by molar-refractivity contribution is 6.09. The molecule has 1 amide bonds. The van der Waals surface area contributed by atoms with E-state index in [2.05, 4.69) is 25.3 Å². The first kappa shape index (κ1) is 23.7. The Morgan fingerprint density at radius 2 is 2.03 bits per heavy atom. The molecule has 186 valence electrons. The zero-order valence-corrected chi connectivity index (χ0v) is 20.4. The van der Waals surface area contributed by atoms with Gasteiger partial charge >= 0.3 is 0 Å². The molecule has 1 aliphatic rings. The lowest BCUT2D eigenvalue weighted by molar-refractivity contribution is 0.0855. The molecule has 0 aliphatic carbocycles. The summed E-state index contributed by atoms with van der Waals surface area (Å²) in [6, 6.07) is 10.0. The fourth-order valence-corrected chi connectivity index (χ4v) is 4.63. The summed E-state index contributed by atoms with van der Waals surface area (Å²) in [5, 5.41) is 8.36. The Balaban J connectivity index is 1.51. The molecule has 0 radical (unpaired) electrons. The topological polar surface area (TPSA) is 94.4 Å². The van der Waals surface area contributed by atoms with Gasteiger partial charge in [-0.1, -0.05) is 6.07 Å². The molecule has 0 bridgehead atoms. The average Bonchev–Trinajstić information content (AvgIpc) is 3.29. The van der Waals surface area contributed by atoms with Gasteiger partial charge < -0.3 is 19.7 Å². The minimum absolute atomic E-state index is 0.0693. The second kappa shape index (κ2) is 9.90. The first-order valence-corrected chi connectivity index (χ1v) is 11.7. The number of rotatable bonds is 6. The van der Waals surface area contributed by atoms with E-state index in [0.29, 0.717) is 18.9 Å². The highest BCUT2D eigenvalue weighted by atomic mass is 19.1. The molecular weight excluding hydrogens is 463 g/mol. The Morgan fingerprint density at radius 1 is 1.22 bits per heavy atom. The van der Waals surface area contributed by atoms with Crippen molar-refractivity contribution >= 4 is 28.2 Å². The van der Waals surface area contributed by atoms with E-state index in [-0.39, 0.29) is 28.9 Å². The molecular formula is C26H27FN6O3. The fourth-order valence-electron chi connectivity index (χ4n) is 4.63. The second-order valence-corrected chi connectivity index (χ2v) is 8.65. The number of carbonyl (C=O) groups is 1. The van der Waals surface area contributed by atoms with Crippen molar-refractivity contribution in [3.05, 3.63) is 60.3 Å². The van der Waals surface area contributed by atoms with Crippen LogP contribution in [-0.2, 0) is 11.8 Å². The van der Waals surface area contributed by atoms with Crippen molar-refractivity contribution in [2.24, 2.45) is 7.05 Å². The second-order valence-electron chi connectivity index (χ2n) is 8.65. The van der Waals surface area contributed by atoms with Gasteiger partial charge in [0, 0.05) is 44.9 Å². The van der Waals surface area contributed by atoms with Gasteiger partial charge in [-0.2, -0.15) is 5.10 Å². The molecule has 0 atom stereocenters. The Bertz CT molecular complexity index is 1420. The van der Waals surface area contributed by atoms with Gasteiger partial charge in [-0.05, 0) is 43.2 Å². The van der Waals surface area contributed by atoms with Crippen molar-refractivity contribution in [1.82, 2.24) is 19.7 Å². The van der Waals surface area contributed by atoms with Gasteiger partial charge in [0.15, 0.2) is 5.82 Å². The Kier molecular flexibility index (Phi) is 6.51. The number of hydrogen-bond donors (Lipinski definition) is 1. The van der Waals surface area contributed by atoms with E-state index >= 15 is 0 Å². The molecule has 0 spiro atoms. The lowest BCUT2D eigenvalue weighted by atomic mass is 10.0. The van der Waals surface area contributed by atoms with Crippen LogP contribution in [-0.4, -0.2) is 59.1 Å². The van der Waals surface area contributed by atoms with Gasteiger partial charge in [-0.25, -0.2) is 14.4 Å². The summed E-state index contributed by atoms with van der Waals surface area (Å²) in [6.07, 6.45) is 5.02. The molecule has 1 fully saturated rings. The van der Waals surface area contributed by atoms with Crippen molar-refractivity contribution in [2.45, 2.75) is 18.9 Å². The monoisotopic (exact) mass is 490 g/mol. The number of hydrogen-bond acceptors (Lipinski definition) is 7. The quantitative estimate of drug-likeness (QED) is 0.436. The van der Waals surface area contributed by atoms with Crippen LogP contribution in [0.5, 0.6) is 5.75 Å². The summed E-state index contributed by atoms with van der Waals surface area (Å²) >= 11 is 0. The van der Waals surface area contributed by atoms with Crippen LogP contribution >= 0.6 is 0 Å². The Morgan fingerprint density at radius 3 is 2.81 bits per heavy atom. The third-order valence-corrected chi connectivity index (χ3v) is 6.55. The van der Waals surface area contributed by atoms with Crippen molar-refractivity contribution in [3.63, 3.8) is 0 Å². The van der Waals surface area contributed by atoms with Crippen molar-refractivity contribution in [1.29, 1.82) is 0 Å². The predicted octanol–water partition coefficient (Wildman–Crippen LogP) is 4.05. The van der Waals surface area contributed by atoms with Crippen LogP contribution in [0.15, 0.2) is 48.8 Å². The van der Waals surface area contributed by atoms with Crippen LogP contribution in [0.3, 0.4) is 0 Å². The summed E-state index contributed by atoms with van der Waals surface area (Å²) in [6.45, 7) is 1.39. The number of methoxy groups -OCH3 is 1. The Labute approximate surface area is 207 Å². The Hall–Kier alpha value is -4.05. The van der Waals surface area contributed by atoms with E-state index in [0.717, 1.165) is 29.4 Å². The first-order chi connectivity index (χ1) is 17.5. The first-order valence-electron chi connectivity index (χ1n) is 11.7. The number of ether oxygens (including phenoxy) is 2. The highest BCUT2D eigenvalue weighted by Crippen LogP contribution is 2.37. The zero-order chi connectivity index (χ0) is 25.2. The minimum Gasteiger partial charge on any atom is -0.496 e. The average molecular weight is 491 g/mol. The van der Waals surface area contributed by atoms with E-state index in [1.165, 1.54) is 25.4 Å². The molecule has 4 aromatic rings. The van der Waals surface area contributed by atoms with Gasteiger partial charge in [0.25, 0.3) is 5.91 Å². The maximum absolute atomic E-state index is 14.6. The van der Waals surface area contributed by atoms with Gasteiger partial charge in [0.05, 0.1) is 35.8 Å². The number of carbonyl (C=O) groups excluding carboxylic acids is 1. The number of nitrogens with one attached hydrogen (secondary N) is 1. The van der Waals surface area contributed by atoms with Gasteiger partial charge in [-0.15, -0.1) is 0 Å². The van der Waals surface area contributed by atoms with Crippen LogP contribution in [0.25, 0.3) is 22.3 Å². The molecule has 9 nitrogen and oxygen atoms in total. The number of halogens is 1. The van der Waals surface area contributed by atoms with Crippen molar-refractivity contribution in [3.8, 4) is 17.1 Å². The number of anilines is 2. The van der Waals surface area contributed by atoms with E-state index in [9.17, 15) is 9.18 Å². The number of aryl methyl sites for hydroxylation is 1. The molecule has 10 heteroatoms. The van der Waals surface area contributed by atoms with E-state index in [4.69, 9.17) is 9.47 Å². The third-order valence-electron chi connectivity index (χ3n) is 6.55. The summed E-state index contributed by atoms with van der Waals surface area (Å²) in [5.41, 5.74) is 2.68. The third kappa shape index (κ3) is 4.35. The molecule has 36 heavy (non-hydrogen) atoms. The van der Waals surface area contributed by atoms with Crippen LogP contribution in [0, 0.1) is 5.82 Å². The zero-order valence-electron chi connectivity index (χ0n) is 20.4. The predicted molar refractivity (Wildman–Crippen MR) is 135 cm³/mol. The fraction of sp³-hybridized carbons (Fsp3) is 0.308. The van der Waals surface area contributed by atoms with Crippen molar-refractivity contribution < 1.29 is 18.7 Å². The number of benzene rings is 2. The van der Waals surface area contributed by atoms with Gasteiger partial charge in [0.1, 0.15) is 17.3 Å². The maximum Gasteiger partial charge on any atom is 0.274 e. The lowest BCUT2D eigenvalue weighted by Crippen LogP contribution is -2.37. The number of amides is 1. The van der Waals surface area contributed by atoms with Crippen LogP contribution in [0.2, 0.25) is 0 Å². The highest BCUT2D eigenvalue weighted by Gasteiger charge is 2.25. The summed E-state index contributed by atoms with van der Waals surface area (Å²) in [7, 11) is 5.36. The standard InChI is InChI=1S/C26H27FN6O3/c1-32(16-10-13-36-14-11-16)24-17-15-29-33(2)21(17)8-7-19(24)31-26(34)20-9-12-28-25(30-20)23-18(27)5-4-6-22(23)35-3/h4-9,12,15-16H,10-11,13-14H2,1-3H3,(H,31,34). The molecule has 0 saturated carbocycles. The summed E-state index contributed by atoms with van der Waals surface area (Å²) in [5.74, 6) is -0.608. The van der Waals surface area contributed by atoms with E-state index in [1.807, 2.05) is 32.4 Å². The number of aromatic nitrogens is 4. The molecule has 3 heterocycles. The smallest absolute Gasteiger partial charge is 0.274 e. The maximum atomic E-state index is 14.6. The van der Waals surface area contributed by atoms with E-state index in [1.54, 1.807) is 16.8 Å². The summed E-state index contributed by atoms with van der Waals surface area (Å²) in [4.78, 5) is 24.1. The normalized spacial score (nSPS) is 14.1. The molecule has 1 aliphatic heterocycles. The summed E-state index contributed by atoms with van der Waals surface area (Å²) < 4.78 is 27.2.